The minimum Gasteiger partial charge on any atom is -0.197 e. The number of hydrogen-bond acceptors (Lipinski definition) is 2. The molecule has 0 fully saturated rings. The monoisotopic (exact) mass is 319 g/mol. The molecule has 116 valence electrons. The van der Waals surface area contributed by atoms with Gasteiger partial charge in [0.2, 0.25) is 0 Å². The van der Waals surface area contributed by atoms with Crippen molar-refractivity contribution in [2.75, 3.05) is 0 Å². The zero-order valence-corrected chi connectivity index (χ0v) is 13.3. The van der Waals surface area contributed by atoms with E-state index in [4.69, 9.17) is 0 Å². The number of fused-ring (bicyclic) bond motifs is 2. The van der Waals surface area contributed by atoms with Crippen LogP contribution in [-0.2, 0) is 0 Å². The Hall–Kier alpha value is -3.46. The fourth-order valence-corrected chi connectivity index (χ4v) is 4.20. The van der Waals surface area contributed by atoms with Crippen molar-refractivity contribution in [3.63, 3.8) is 0 Å². The number of aromatic amines is 1. The first kappa shape index (κ1) is 12.9. The van der Waals surface area contributed by atoms with Crippen LogP contribution in [0.5, 0.6) is 0 Å². The fraction of sp³-hybridized carbons (Fsp3) is 0. The summed E-state index contributed by atoms with van der Waals surface area (Å²) < 4.78 is 0. The van der Waals surface area contributed by atoms with Gasteiger partial charge in [0.15, 0.2) is 0 Å². The summed E-state index contributed by atoms with van der Waals surface area (Å²) in [4.78, 5) is 0. The molecule has 0 atom stereocenters. The van der Waals surface area contributed by atoms with Crippen LogP contribution in [-0.4, -0.2) is 15.4 Å². The van der Waals surface area contributed by atoms with E-state index in [1.807, 2.05) is 0 Å². The largest absolute Gasteiger partial charge is 0.197 e. The molecule has 0 saturated carbocycles. The van der Waals surface area contributed by atoms with Crippen LogP contribution in [0.2, 0.25) is 0 Å². The van der Waals surface area contributed by atoms with E-state index in [1.54, 1.807) is 6.20 Å². The normalized spacial score (nSPS) is 12.0. The predicted octanol–water partition coefficient (Wildman–Crippen LogP) is 5.52. The molecule has 3 nitrogen and oxygen atoms in total. The van der Waals surface area contributed by atoms with Crippen molar-refractivity contribution in [3.05, 3.63) is 72.9 Å². The Morgan fingerprint density at radius 2 is 1.28 bits per heavy atom. The Labute approximate surface area is 143 Å². The van der Waals surface area contributed by atoms with Crippen molar-refractivity contribution in [2.45, 2.75) is 0 Å². The van der Waals surface area contributed by atoms with E-state index in [0.29, 0.717) is 0 Å². The molecule has 0 saturated heterocycles. The number of rotatable bonds is 1. The summed E-state index contributed by atoms with van der Waals surface area (Å²) in [5.74, 6) is 0. The summed E-state index contributed by atoms with van der Waals surface area (Å²) in [6, 6.07) is 24.0. The van der Waals surface area contributed by atoms with Crippen LogP contribution < -0.4 is 0 Å². The van der Waals surface area contributed by atoms with Gasteiger partial charge in [0.05, 0.1) is 6.20 Å². The summed E-state index contributed by atoms with van der Waals surface area (Å²) in [5.41, 5.74) is 2.00. The molecule has 3 heteroatoms. The molecule has 6 aromatic rings. The molecule has 25 heavy (non-hydrogen) atoms. The van der Waals surface area contributed by atoms with E-state index in [-0.39, 0.29) is 0 Å². The average molecular weight is 319 g/mol. The van der Waals surface area contributed by atoms with Gasteiger partial charge in [-0.1, -0.05) is 66.7 Å². The van der Waals surface area contributed by atoms with Crippen molar-refractivity contribution in [2.24, 2.45) is 0 Å². The maximum atomic E-state index is 4.34. The number of nitrogens with one attached hydrogen (secondary N) is 1. The lowest BCUT2D eigenvalue weighted by atomic mass is 9.87. The van der Waals surface area contributed by atoms with Gasteiger partial charge in [-0.2, -0.15) is 15.4 Å². The zero-order chi connectivity index (χ0) is 16.4. The van der Waals surface area contributed by atoms with Gasteiger partial charge in [0.25, 0.3) is 0 Å². The molecule has 0 spiro atoms. The highest BCUT2D eigenvalue weighted by atomic mass is 15.3. The van der Waals surface area contributed by atoms with Crippen LogP contribution in [0, 0.1) is 0 Å². The first-order valence-electron chi connectivity index (χ1n) is 8.36. The first-order valence-corrected chi connectivity index (χ1v) is 8.36. The third-order valence-electron chi connectivity index (χ3n) is 5.20. The molecule has 0 aliphatic carbocycles. The Morgan fingerprint density at radius 1 is 0.600 bits per heavy atom. The van der Waals surface area contributed by atoms with Crippen LogP contribution >= 0.6 is 0 Å². The van der Waals surface area contributed by atoms with Crippen molar-refractivity contribution in [1.29, 1.82) is 0 Å². The van der Waals surface area contributed by atoms with Gasteiger partial charge in [-0.05, 0) is 37.7 Å². The van der Waals surface area contributed by atoms with Crippen LogP contribution in [0.25, 0.3) is 54.3 Å². The third-order valence-corrected chi connectivity index (χ3v) is 5.20. The van der Waals surface area contributed by atoms with Crippen LogP contribution in [0.1, 0.15) is 0 Å². The molecular formula is C22H13N3. The molecule has 0 bridgehead atoms. The van der Waals surface area contributed by atoms with Gasteiger partial charge in [-0.3, -0.25) is 0 Å². The molecule has 0 amide bonds. The highest BCUT2D eigenvalue weighted by molar-refractivity contribution is 6.35. The molecule has 1 heterocycles. The lowest BCUT2D eigenvalue weighted by molar-refractivity contribution is 0.942. The number of H-pyrrole nitrogens is 1. The fourth-order valence-electron chi connectivity index (χ4n) is 4.20. The molecule has 1 aromatic heterocycles. The highest BCUT2D eigenvalue weighted by Gasteiger charge is 2.16. The Kier molecular flexibility index (Phi) is 2.35. The van der Waals surface area contributed by atoms with E-state index in [0.717, 1.165) is 11.3 Å². The quantitative estimate of drug-likeness (QED) is 0.320. The SMILES string of the molecule is c1cc2cccc3c4c(-c5cn[nH]n5)ccc5cccc(c(c1)c23)c54. The number of benzene rings is 5. The smallest absolute Gasteiger partial charge is 0.113 e. The number of hydrogen-bond donors (Lipinski definition) is 1. The second-order valence-electron chi connectivity index (χ2n) is 6.46. The van der Waals surface area contributed by atoms with Gasteiger partial charge >= 0.3 is 0 Å². The standard InChI is InChI=1S/C22H13N3/c1-4-13-5-3-9-18-20(13)15(7-1)16-8-2-6-14-10-11-17(22(18)21(14)16)19-12-23-25-24-19/h1-12H,(H,23,24,25). The maximum Gasteiger partial charge on any atom is 0.113 e. The summed E-state index contributed by atoms with van der Waals surface area (Å²) in [5, 5.41) is 21.4. The van der Waals surface area contributed by atoms with E-state index in [9.17, 15) is 0 Å². The molecule has 5 aromatic carbocycles. The molecule has 0 radical (unpaired) electrons. The van der Waals surface area contributed by atoms with Crippen molar-refractivity contribution < 1.29 is 0 Å². The Bertz CT molecular complexity index is 1380. The molecule has 1 N–H and O–H groups in total. The molecule has 0 aliphatic rings. The van der Waals surface area contributed by atoms with E-state index >= 15 is 0 Å². The highest BCUT2D eigenvalue weighted by Crippen LogP contribution is 2.43. The number of aromatic nitrogens is 3. The van der Waals surface area contributed by atoms with Gasteiger partial charge in [0.1, 0.15) is 5.69 Å². The predicted molar refractivity (Wildman–Crippen MR) is 103 cm³/mol. The minimum absolute atomic E-state index is 0.878. The van der Waals surface area contributed by atoms with Crippen molar-refractivity contribution in [3.8, 4) is 11.3 Å². The summed E-state index contributed by atoms with van der Waals surface area (Å²) in [7, 11) is 0. The Morgan fingerprint density at radius 3 is 2.00 bits per heavy atom. The lowest BCUT2D eigenvalue weighted by Crippen LogP contribution is -1.89. The minimum atomic E-state index is 0.878. The van der Waals surface area contributed by atoms with Gasteiger partial charge in [-0.25, -0.2) is 0 Å². The summed E-state index contributed by atoms with van der Waals surface area (Å²) in [6.07, 6.45) is 1.79. The van der Waals surface area contributed by atoms with E-state index < -0.39 is 0 Å². The average Bonchev–Trinajstić information content (AvgIpc) is 3.20. The van der Waals surface area contributed by atoms with Crippen molar-refractivity contribution in [1.82, 2.24) is 15.4 Å². The first-order chi connectivity index (χ1) is 12.4. The zero-order valence-electron chi connectivity index (χ0n) is 13.3. The van der Waals surface area contributed by atoms with Crippen LogP contribution in [0.15, 0.2) is 72.9 Å². The molecule has 6 rings (SSSR count). The van der Waals surface area contributed by atoms with Crippen LogP contribution in [0.4, 0.5) is 0 Å². The van der Waals surface area contributed by atoms with E-state index in [1.165, 1.54) is 43.1 Å². The summed E-state index contributed by atoms with van der Waals surface area (Å²) >= 11 is 0. The lowest BCUT2D eigenvalue weighted by Gasteiger charge is -2.16. The van der Waals surface area contributed by atoms with Gasteiger partial charge < -0.3 is 0 Å². The van der Waals surface area contributed by atoms with Gasteiger partial charge in [-0.15, -0.1) is 0 Å². The molecular weight excluding hydrogens is 306 g/mol. The number of nitrogens with zero attached hydrogens (tertiary/aromatic N) is 2. The van der Waals surface area contributed by atoms with Crippen molar-refractivity contribution >= 4 is 43.1 Å². The molecule has 0 aliphatic heterocycles. The summed E-state index contributed by atoms with van der Waals surface area (Å²) in [6.45, 7) is 0. The second-order valence-corrected chi connectivity index (χ2v) is 6.46. The Balaban J connectivity index is 2.03. The third kappa shape index (κ3) is 1.59. The second kappa shape index (κ2) is 4.54. The van der Waals surface area contributed by atoms with Crippen LogP contribution in [0.3, 0.4) is 0 Å². The maximum absolute atomic E-state index is 4.34. The van der Waals surface area contributed by atoms with E-state index in [2.05, 4.69) is 82.1 Å². The molecule has 0 unspecified atom stereocenters. The van der Waals surface area contributed by atoms with Gasteiger partial charge in [0, 0.05) is 10.9 Å². The topological polar surface area (TPSA) is 41.6 Å².